The van der Waals surface area contributed by atoms with Crippen molar-refractivity contribution in [1.29, 1.82) is 0 Å². The lowest BCUT2D eigenvalue weighted by Crippen LogP contribution is -1.97. The molecule has 0 bridgehead atoms. The van der Waals surface area contributed by atoms with Crippen molar-refractivity contribution < 1.29 is 9.47 Å². The molecule has 17 heavy (non-hydrogen) atoms. The van der Waals surface area contributed by atoms with Crippen LogP contribution in [-0.2, 0) is 0 Å². The first kappa shape index (κ1) is 11.4. The highest BCUT2D eigenvalue weighted by Gasteiger charge is 2.13. The zero-order valence-electron chi connectivity index (χ0n) is 10.4. The number of hydrogen-bond donors (Lipinski definition) is 1. The van der Waals surface area contributed by atoms with E-state index in [0.29, 0.717) is 11.9 Å². The Kier molecular flexibility index (Phi) is 2.99. The van der Waals surface area contributed by atoms with Crippen molar-refractivity contribution >= 4 is 0 Å². The SMILES string of the molecule is COc1ncc(-c2cc(C)[nH]c2C)c(OC)n1. The molecule has 2 heterocycles. The summed E-state index contributed by atoms with van der Waals surface area (Å²) in [6.07, 6.45) is 1.71. The van der Waals surface area contributed by atoms with Crippen LogP contribution in [0.1, 0.15) is 11.4 Å². The summed E-state index contributed by atoms with van der Waals surface area (Å²) < 4.78 is 10.2. The summed E-state index contributed by atoms with van der Waals surface area (Å²) in [7, 11) is 3.11. The van der Waals surface area contributed by atoms with Gasteiger partial charge in [0.05, 0.1) is 19.8 Å². The van der Waals surface area contributed by atoms with Crippen molar-refractivity contribution in [3.8, 4) is 23.0 Å². The minimum absolute atomic E-state index is 0.301. The van der Waals surface area contributed by atoms with E-state index in [1.54, 1.807) is 13.3 Å². The molecule has 90 valence electrons. The third kappa shape index (κ3) is 2.08. The van der Waals surface area contributed by atoms with Gasteiger partial charge in [0, 0.05) is 23.1 Å². The number of methoxy groups -OCH3 is 2. The highest BCUT2D eigenvalue weighted by molar-refractivity contribution is 5.70. The van der Waals surface area contributed by atoms with E-state index in [1.165, 1.54) is 7.11 Å². The van der Waals surface area contributed by atoms with Gasteiger partial charge in [0.25, 0.3) is 0 Å². The monoisotopic (exact) mass is 233 g/mol. The zero-order valence-corrected chi connectivity index (χ0v) is 10.4. The second kappa shape index (κ2) is 4.45. The van der Waals surface area contributed by atoms with Gasteiger partial charge in [-0.1, -0.05) is 0 Å². The molecule has 2 aromatic heterocycles. The average Bonchev–Trinajstić information content (AvgIpc) is 2.67. The number of hydrogen-bond acceptors (Lipinski definition) is 4. The van der Waals surface area contributed by atoms with Crippen LogP contribution in [-0.4, -0.2) is 29.2 Å². The average molecular weight is 233 g/mol. The fraction of sp³-hybridized carbons (Fsp3) is 0.333. The first-order chi connectivity index (χ1) is 8.15. The van der Waals surface area contributed by atoms with Crippen LogP contribution >= 0.6 is 0 Å². The second-order valence-corrected chi connectivity index (χ2v) is 3.77. The number of ether oxygens (including phenoxy) is 2. The largest absolute Gasteiger partial charge is 0.480 e. The van der Waals surface area contributed by atoms with E-state index in [2.05, 4.69) is 15.0 Å². The lowest BCUT2D eigenvalue weighted by atomic mass is 10.1. The molecule has 0 saturated carbocycles. The van der Waals surface area contributed by atoms with Crippen LogP contribution in [0.25, 0.3) is 11.1 Å². The van der Waals surface area contributed by atoms with Gasteiger partial charge in [-0.3, -0.25) is 0 Å². The number of nitrogens with zero attached hydrogens (tertiary/aromatic N) is 2. The van der Waals surface area contributed by atoms with E-state index < -0.39 is 0 Å². The Bertz CT molecular complexity index is 535. The van der Waals surface area contributed by atoms with Gasteiger partial charge in [-0.25, -0.2) is 4.98 Å². The van der Waals surface area contributed by atoms with Crippen molar-refractivity contribution in [3.05, 3.63) is 23.7 Å². The molecule has 5 nitrogen and oxygen atoms in total. The van der Waals surface area contributed by atoms with Crippen LogP contribution in [0.15, 0.2) is 12.3 Å². The van der Waals surface area contributed by atoms with E-state index in [1.807, 2.05) is 19.9 Å². The molecule has 5 heteroatoms. The third-order valence-electron chi connectivity index (χ3n) is 2.55. The van der Waals surface area contributed by atoms with Crippen LogP contribution in [0.5, 0.6) is 11.9 Å². The van der Waals surface area contributed by atoms with Gasteiger partial charge >= 0.3 is 6.01 Å². The Morgan fingerprint density at radius 1 is 1.12 bits per heavy atom. The predicted molar refractivity (Wildman–Crippen MR) is 64.4 cm³/mol. The summed E-state index contributed by atoms with van der Waals surface area (Å²) in [6.45, 7) is 4.01. The second-order valence-electron chi connectivity index (χ2n) is 3.77. The Morgan fingerprint density at radius 2 is 1.88 bits per heavy atom. The molecule has 0 radical (unpaired) electrons. The Hall–Kier alpha value is -2.04. The molecular weight excluding hydrogens is 218 g/mol. The molecule has 0 amide bonds. The maximum absolute atomic E-state index is 5.26. The fourth-order valence-corrected chi connectivity index (χ4v) is 1.79. The highest BCUT2D eigenvalue weighted by atomic mass is 16.5. The maximum Gasteiger partial charge on any atom is 0.319 e. The Balaban J connectivity index is 2.55. The summed E-state index contributed by atoms with van der Waals surface area (Å²) >= 11 is 0. The van der Waals surface area contributed by atoms with Crippen LogP contribution in [0, 0.1) is 13.8 Å². The van der Waals surface area contributed by atoms with E-state index in [-0.39, 0.29) is 0 Å². The summed E-state index contributed by atoms with van der Waals surface area (Å²) in [5.74, 6) is 0.513. The number of aromatic amines is 1. The molecule has 0 unspecified atom stereocenters. The molecule has 0 atom stereocenters. The molecule has 1 N–H and O–H groups in total. The van der Waals surface area contributed by atoms with Gasteiger partial charge in [0.2, 0.25) is 5.88 Å². The molecule has 0 aromatic carbocycles. The van der Waals surface area contributed by atoms with Crippen LogP contribution in [0.2, 0.25) is 0 Å². The van der Waals surface area contributed by atoms with Crippen molar-refractivity contribution in [2.45, 2.75) is 13.8 Å². The van der Waals surface area contributed by atoms with Crippen LogP contribution < -0.4 is 9.47 Å². The van der Waals surface area contributed by atoms with Crippen molar-refractivity contribution in [2.24, 2.45) is 0 Å². The van der Waals surface area contributed by atoms with Gasteiger partial charge in [-0.2, -0.15) is 4.98 Å². The van der Waals surface area contributed by atoms with E-state index in [0.717, 1.165) is 22.5 Å². The topological polar surface area (TPSA) is 60.0 Å². The van der Waals surface area contributed by atoms with Crippen molar-refractivity contribution in [2.75, 3.05) is 14.2 Å². The lowest BCUT2D eigenvalue weighted by molar-refractivity contribution is 0.353. The van der Waals surface area contributed by atoms with Gasteiger partial charge in [0.1, 0.15) is 0 Å². The minimum Gasteiger partial charge on any atom is -0.480 e. The lowest BCUT2D eigenvalue weighted by Gasteiger charge is -2.07. The summed E-state index contributed by atoms with van der Waals surface area (Å²) in [6, 6.07) is 2.35. The first-order valence-electron chi connectivity index (χ1n) is 5.27. The quantitative estimate of drug-likeness (QED) is 0.882. The normalized spacial score (nSPS) is 10.4. The van der Waals surface area contributed by atoms with Crippen LogP contribution in [0.4, 0.5) is 0 Å². The number of rotatable bonds is 3. The molecule has 2 aromatic rings. The number of aryl methyl sites for hydroxylation is 2. The highest BCUT2D eigenvalue weighted by Crippen LogP contribution is 2.31. The molecule has 2 rings (SSSR count). The van der Waals surface area contributed by atoms with E-state index >= 15 is 0 Å². The molecule has 0 aliphatic rings. The molecule has 0 aliphatic heterocycles. The third-order valence-corrected chi connectivity index (χ3v) is 2.55. The van der Waals surface area contributed by atoms with Gasteiger partial charge in [-0.05, 0) is 19.9 Å². The Morgan fingerprint density at radius 3 is 2.41 bits per heavy atom. The zero-order chi connectivity index (χ0) is 12.4. The summed E-state index contributed by atoms with van der Waals surface area (Å²) in [5.41, 5.74) is 4.06. The summed E-state index contributed by atoms with van der Waals surface area (Å²) in [4.78, 5) is 11.5. The summed E-state index contributed by atoms with van der Waals surface area (Å²) in [5, 5.41) is 0. The van der Waals surface area contributed by atoms with Crippen LogP contribution in [0.3, 0.4) is 0 Å². The molecule has 0 fully saturated rings. The molecule has 0 saturated heterocycles. The molecule has 0 spiro atoms. The van der Waals surface area contributed by atoms with E-state index in [9.17, 15) is 0 Å². The van der Waals surface area contributed by atoms with Gasteiger partial charge < -0.3 is 14.5 Å². The van der Waals surface area contributed by atoms with Gasteiger partial charge in [-0.15, -0.1) is 0 Å². The maximum atomic E-state index is 5.26. The number of nitrogens with one attached hydrogen (secondary N) is 1. The number of aromatic nitrogens is 3. The van der Waals surface area contributed by atoms with E-state index in [4.69, 9.17) is 9.47 Å². The first-order valence-corrected chi connectivity index (χ1v) is 5.27. The fourth-order valence-electron chi connectivity index (χ4n) is 1.79. The van der Waals surface area contributed by atoms with Crippen molar-refractivity contribution in [3.63, 3.8) is 0 Å². The van der Waals surface area contributed by atoms with Gasteiger partial charge in [0.15, 0.2) is 0 Å². The smallest absolute Gasteiger partial charge is 0.319 e. The Labute approximate surface area is 99.8 Å². The number of H-pyrrole nitrogens is 1. The standard InChI is InChI=1S/C12H15N3O2/c1-7-5-9(8(2)14-7)10-6-13-12(17-4)15-11(10)16-3/h5-6,14H,1-4H3. The molecular formula is C12H15N3O2. The van der Waals surface area contributed by atoms with Crippen molar-refractivity contribution in [1.82, 2.24) is 15.0 Å². The molecule has 0 aliphatic carbocycles. The minimum atomic E-state index is 0.301. The predicted octanol–water partition coefficient (Wildman–Crippen LogP) is 2.11.